The van der Waals surface area contributed by atoms with Crippen LogP contribution in [0.2, 0.25) is 0 Å². The Labute approximate surface area is 84.0 Å². The van der Waals surface area contributed by atoms with Crippen LogP contribution in [0.3, 0.4) is 0 Å². The minimum atomic E-state index is -1.11. The third-order valence-electron chi connectivity index (χ3n) is 2.10. The highest BCUT2D eigenvalue weighted by Crippen LogP contribution is 2.04. The van der Waals surface area contributed by atoms with Crippen molar-refractivity contribution in [1.29, 1.82) is 0 Å². The Bertz CT molecular complexity index is 219. The molecule has 0 aliphatic carbocycles. The molecule has 1 amide bonds. The number of carbonyl (C=O) groups is 2. The van der Waals surface area contributed by atoms with Crippen molar-refractivity contribution in [1.82, 2.24) is 5.32 Å². The van der Waals surface area contributed by atoms with Crippen molar-refractivity contribution in [2.24, 2.45) is 5.92 Å². The van der Waals surface area contributed by atoms with E-state index in [0.29, 0.717) is 12.5 Å². The first-order valence-electron chi connectivity index (χ1n) is 4.79. The number of hydrogen-bond acceptors (Lipinski definition) is 2. The van der Waals surface area contributed by atoms with Crippen LogP contribution in [0.25, 0.3) is 0 Å². The van der Waals surface area contributed by atoms with Gasteiger partial charge in [-0.1, -0.05) is 26.7 Å². The molecule has 0 heterocycles. The van der Waals surface area contributed by atoms with Crippen LogP contribution >= 0.6 is 0 Å². The lowest BCUT2D eigenvalue weighted by Crippen LogP contribution is -2.27. The predicted molar refractivity (Wildman–Crippen MR) is 53.9 cm³/mol. The van der Waals surface area contributed by atoms with E-state index in [1.807, 2.05) is 0 Å². The Balaban J connectivity index is 3.78. The van der Waals surface area contributed by atoms with Crippen molar-refractivity contribution in [3.63, 3.8) is 0 Å². The largest absolute Gasteiger partial charge is 0.478 e. The van der Waals surface area contributed by atoms with Crippen LogP contribution in [0.1, 0.15) is 26.7 Å². The van der Waals surface area contributed by atoms with E-state index in [1.54, 1.807) is 0 Å². The molecule has 0 aliphatic rings. The summed E-state index contributed by atoms with van der Waals surface area (Å²) in [5, 5.41) is 10.9. The number of hydrogen-bond donors (Lipinski definition) is 2. The molecule has 4 heteroatoms. The second kappa shape index (κ2) is 7.12. The summed E-state index contributed by atoms with van der Waals surface area (Å²) in [6.07, 6.45) is 3.89. The summed E-state index contributed by atoms with van der Waals surface area (Å²) in [4.78, 5) is 21.1. The Morgan fingerprint density at radius 3 is 2.29 bits per heavy atom. The van der Waals surface area contributed by atoms with Crippen LogP contribution in [-0.2, 0) is 9.59 Å². The van der Waals surface area contributed by atoms with E-state index in [2.05, 4.69) is 19.2 Å². The molecular formula is C10H17NO3. The standard InChI is InChI=1S/C10H17NO3/c1-3-8(4-2)7-11-9(12)5-6-10(13)14/h5-6,8H,3-4,7H2,1-2H3,(H,11,12)(H,13,14)/b6-5+. The van der Waals surface area contributed by atoms with Gasteiger partial charge in [-0.15, -0.1) is 0 Å². The van der Waals surface area contributed by atoms with Crippen LogP contribution in [0, 0.1) is 5.92 Å². The van der Waals surface area contributed by atoms with Gasteiger partial charge >= 0.3 is 5.97 Å². The number of carbonyl (C=O) groups excluding carboxylic acids is 1. The zero-order valence-corrected chi connectivity index (χ0v) is 8.62. The average molecular weight is 199 g/mol. The van der Waals surface area contributed by atoms with E-state index in [0.717, 1.165) is 25.0 Å². The molecule has 0 rings (SSSR count). The maximum Gasteiger partial charge on any atom is 0.328 e. The molecule has 0 atom stereocenters. The Morgan fingerprint density at radius 2 is 1.86 bits per heavy atom. The topological polar surface area (TPSA) is 66.4 Å². The van der Waals surface area contributed by atoms with Crippen molar-refractivity contribution in [3.8, 4) is 0 Å². The summed E-state index contributed by atoms with van der Waals surface area (Å²) in [7, 11) is 0. The first-order chi connectivity index (χ1) is 6.60. The fourth-order valence-corrected chi connectivity index (χ4v) is 1.03. The van der Waals surface area contributed by atoms with Gasteiger partial charge in [-0.25, -0.2) is 4.79 Å². The second-order valence-electron chi connectivity index (χ2n) is 3.10. The number of carboxylic acid groups (broad SMARTS) is 1. The number of rotatable bonds is 6. The maximum atomic E-state index is 11.0. The van der Waals surface area contributed by atoms with Crippen molar-refractivity contribution >= 4 is 11.9 Å². The Hall–Kier alpha value is -1.32. The van der Waals surface area contributed by atoms with Crippen molar-refractivity contribution < 1.29 is 14.7 Å². The van der Waals surface area contributed by atoms with Gasteiger partial charge in [0.25, 0.3) is 0 Å². The molecule has 0 aromatic rings. The number of aliphatic carboxylic acids is 1. The minimum absolute atomic E-state index is 0.348. The van der Waals surface area contributed by atoms with Gasteiger partial charge in [-0.2, -0.15) is 0 Å². The van der Waals surface area contributed by atoms with E-state index in [-0.39, 0.29) is 5.91 Å². The minimum Gasteiger partial charge on any atom is -0.478 e. The van der Waals surface area contributed by atoms with Crippen LogP contribution in [-0.4, -0.2) is 23.5 Å². The number of amides is 1. The summed E-state index contributed by atoms with van der Waals surface area (Å²) in [6.45, 7) is 4.73. The van der Waals surface area contributed by atoms with Crippen molar-refractivity contribution in [2.45, 2.75) is 26.7 Å². The molecule has 0 aliphatic heterocycles. The van der Waals surface area contributed by atoms with E-state index >= 15 is 0 Å². The molecule has 0 bridgehead atoms. The van der Waals surface area contributed by atoms with Gasteiger partial charge in [0.05, 0.1) is 0 Å². The molecule has 14 heavy (non-hydrogen) atoms. The normalized spacial score (nSPS) is 10.8. The zero-order chi connectivity index (χ0) is 11.0. The molecule has 0 saturated carbocycles. The average Bonchev–Trinajstić information content (AvgIpc) is 2.16. The zero-order valence-electron chi connectivity index (χ0n) is 8.62. The van der Waals surface area contributed by atoms with E-state index < -0.39 is 5.97 Å². The quantitative estimate of drug-likeness (QED) is 0.631. The van der Waals surface area contributed by atoms with Gasteiger partial charge in [0.15, 0.2) is 0 Å². The third kappa shape index (κ3) is 6.22. The lowest BCUT2D eigenvalue weighted by Gasteiger charge is -2.11. The van der Waals surface area contributed by atoms with Crippen molar-refractivity contribution in [2.75, 3.05) is 6.54 Å². The van der Waals surface area contributed by atoms with Gasteiger partial charge in [0.2, 0.25) is 5.91 Å². The van der Waals surface area contributed by atoms with Crippen molar-refractivity contribution in [3.05, 3.63) is 12.2 Å². The lowest BCUT2D eigenvalue weighted by atomic mass is 10.0. The van der Waals surface area contributed by atoms with Crippen LogP contribution in [0.5, 0.6) is 0 Å². The van der Waals surface area contributed by atoms with Crippen LogP contribution < -0.4 is 5.32 Å². The first-order valence-corrected chi connectivity index (χ1v) is 4.79. The van der Waals surface area contributed by atoms with Gasteiger partial charge in [-0.3, -0.25) is 4.79 Å². The highest BCUT2D eigenvalue weighted by atomic mass is 16.4. The van der Waals surface area contributed by atoms with Crippen LogP contribution in [0.15, 0.2) is 12.2 Å². The van der Waals surface area contributed by atoms with Gasteiger partial charge in [-0.05, 0) is 5.92 Å². The van der Waals surface area contributed by atoms with E-state index in [9.17, 15) is 9.59 Å². The summed E-state index contributed by atoms with van der Waals surface area (Å²) < 4.78 is 0. The van der Waals surface area contributed by atoms with Gasteiger partial charge in [0.1, 0.15) is 0 Å². The molecule has 2 N–H and O–H groups in total. The highest BCUT2D eigenvalue weighted by Gasteiger charge is 2.04. The smallest absolute Gasteiger partial charge is 0.328 e. The fourth-order valence-electron chi connectivity index (χ4n) is 1.03. The lowest BCUT2D eigenvalue weighted by molar-refractivity contribution is -0.131. The van der Waals surface area contributed by atoms with Crippen LogP contribution in [0.4, 0.5) is 0 Å². The van der Waals surface area contributed by atoms with E-state index in [1.165, 1.54) is 0 Å². The summed E-state index contributed by atoms with van der Waals surface area (Å²) in [5.41, 5.74) is 0. The number of nitrogens with one attached hydrogen (secondary N) is 1. The number of carboxylic acids is 1. The Kier molecular flexibility index (Phi) is 6.45. The molecule has 0 fully saturated rings. The highest BCUT2D eigenvalue weighted by molar-refractivity contribution is 5.93. The first kappa shape index (κ1) is 12.7. The molecule has 0 aromatic carbocycles. The van der Waals surface area contributed by atoms with Gasteiger partial charge < -0.3 is 10.4 Å². The summed E-state index contributed by atoms with van der Waals surface area (Å²) >= 11 is 0. The molecular weight excluding hydrogens is 182 g/mol. The molecule has 0 spiro atoms. The maximum absolute atomic E-state index is 11.0. The molecule has 0 saturated heterocycles. The molecule has 4 nitrogen and oxygen atoms in total. The third-order valence-corrected chi connectivity index (χ3v) is 2.10. The fraction of sp³-hybridized carbons (Fsp3) is 0.600. The molecule has 0 unspecified atom stereocenters. The monoisotopic (exact) mass is 199 g/mol. The predicted octanol–water partition coefficient (Wildman–Crippen LogP) is 1.18. The second-order valence-corrected chi connectivity index (χ2v) is 3.10. The van der Waals surface area contributed by atoms with Gasteiger partial charge in [0, 0.05) is 18.7 Å². The summed E-state index contributed by atoms with van der Waals surface area (Å²) in [6, 6.07) is 0. The Morgan fingerprint density at radius 1 is 1.29 bits per heavy atom. The van der Waals surface area contributed by atoms with E-state index in [4.69, 9.17) is 5.11 Å². The SMILES string of the molecule is CCC(CC)CNC(=O)/C=C/C(=O)O. The summed E-state index contributed by atoms with van der Waals surface area (Å²) in [5.74, 6) is -0.987. The molecule has 80 valence electrons. The molecule has 0 radical (unpaired) electrons. The molecule has 0 aromatic heterocycles.